The number of aromatic nitrogens is 1. The molecule has 1 fully saturated rings. The van der Waals surface area contributed by atoms with E-state index >= 15 is 0 Å². The van der Waals surface area contributed by atoms with Crippen molar-refractivity contribution in [3.8, 4) is 0 Å². The summed E-state index contributed by atoms with van der Waals surface area (Å²) in [6.07, 6.45) is 4.25. The van der Waals surface area contributed by atoms with E-state index < -0.39 is 21.1 Å². The smallest absolute Gasteiger partial charge is 0.325 e. The van der Waals surface area contributed by atoms with Gasteiger partial charge in [0.25, 0.3) is 0 Å². The Kier molecular flexibility index (Phi) is 5.37. The monoisotopic (exact) mass is 303 g/mol. The highest BCUT2D eigenvalue weighted by molar-refractivity contribution is 7.92. The van der Waals surface area contributed by atoms with Crippen molar-refractivity contribution in [2.45, 2.75) is 29.9 Å². The molecule has 1 aliphatic rings. The molecule has 1 aromatic heterocycles. The van der Waals surface area contributed by atoms with Gasteiger partial charge >= 0.3 is 5.97 Å². The summed E-state index contributed by atoms with van der Waals surface area (Å²) < 4.78 is 29.7. The van der Waals surface area contributed by atoms with Crippen LogP contribution in [-0.4, -0.2) is 31.2 Å². The Bertz CT molecular complexity index is 530. The molecule has 0 bridgehead atoms. The lowest BCUT2D eigenvalue weighted by molar-refractivity contribution is -0.137. The fraction of sp³-hybridized carbons (Fsp3) is 0.500. The third-order valence-corrected chi connectivity index (χ3v) is 5.20. The highest BCUT2D eigenvalue weighted by Crippen LogP contribution is 2.30. The number of esters is 1. The zero-order valence-corrected chi connectivity index (χ0v) is 12.4. The molecule has 19 heavy (non-hydrogen) atoms. The van der Waals surface area contributed by atoms with Crippen molar-refractivity contribution in [1.29, 1.82) is 0 Å². The maximum atomic E-state index is 12.4. The zero-order chi connectivity index (χ0) is 13.2. The van der Waals surface area contributed by atoms with Crippen LogP contribution in [0.1, 0.15) is 19.8 Å². The Morgan fingerprint density at radius 1 is 1.47 bits per heavy atom. The lowest BCUT2D eigenvalue weighted by Crippen LogP contribution is -2.32. The van der Waals surface area contributed by atoms with E-state index in [1.54, 1.807) is 6.07 Å². The van der Waals surface area contributed by atoms with E-state index in [9.17, 15) is 13.2 Å². The van der Waals surface area contributed by atoms with Gasteiger partial charge in [0.05, 0.1) is 11.5 Å². The fourth-order valence-electron chi connectivity index (χ4n) is 2.20. The second-order valence-electron chi connectivity index (χ2n) is 4.33. The Morgan fingerprint density at radius 2 is 2.21 bits per heavy atom. The number of rotatable bonds is 4. The highest BCUT2D eigenvalue weighted by Gasteiger charge is 2.46. The molecule has 7 heteroatoms. The van der Waals surface area contributed by atoms with E-state index in [1.165, 1.54) is 18.5 Å². The van der Waals surface area contributed by atoms with Gasteiger partial charge in [0, 0.05) is 18.3 Å². The molecule has 0 spiro atoms. The Labute approximate surface area is 119 Å². The topological polar surface area (TPSA) is 73.3 Å². The minimum atomic E-state index is -3.70. The van der Waals surface area contributed by atoms with E-state index in [4.69, 9.17) is 4.74 Å². The number of carbonyl (C=O) groups excluding carboxylic acids is 1. The van der Waals surface area contributed by atoms with Crippen molar-refractivity contribution < 1.29 is 17.9 Å². The van der Waals surface area contributed by atoms with Gasteiger partial charge in [-0.15, -0.1) is 0 Å². The molecule has 5 nitrogen and oxygen atoms in total. The zero-order valence-electron chi connectivity index (χ0n) is 10.6. The summed E-state index contributed by atoms with van der Waals surface area (Å²) in [6, 6.07) is 3.00. The molecule has 106 valence electrons. The maximum absolute atomic E-state index is 12.4. The number of ether oxygens (including phenoxy) is 1. The number of sulfone groups is 1. The molecule has 0 amide bonds. The lowest BCUT2D eigenvalue weighted by Gasteiger charge is -2.14. The predicted molar refractivity (Wildman–Crippen MR) is 74.9 cm³/mol. The standard InChI is InChI=1S/C12H15NO4S.H2S/c1-2-4-9-8-17-12(14)11(9)18(15,16)10-5-3-6-13-7-10;/h3,5-7,9,11H,2,4,8H2,1H3;1H2/t9-,11?;/m0./s1. The van der Waals surface area contributed by atoms with Crippen LogP contribution >= 0.6 is 13.5 Å². The molecule has 0 N–H and O–H groups in total. The first-order valence-corrected chi connectivity index (χ1v) is 7.42. The highest BCUT2D eigenvalue weighted by atomic mass is 32.2. The first-order chi connectivity index (χ1) is 8.57. The van der Waals surface area contributed by atoms with E-state index in [2.05, 4.69) is 4.98 Å². The molecule has 2 rings (SSSR count). The van der Waals surface area contributed by atoms with Gasteiger partial charge in [-0.25, -0.2) is 8.42 Å². The molecule has 1 aliphatic heterocycles. The summed E-state index contributed by atoms with van der Waals surface area (Å²) >= 11 is 0. The normalized spacial score (nSPS) is 22.7. The summed E-state index contributed by atoms with van der Waals surface area (Å²) in [5, 5.41) is -1.08. The Morgan fingerprint density at radius 3 is 2.79 bits per heavy atom. The third kappa shape index (κ3) is 3.09. The molecule has 0 aromatic carbocycles. The van der Waals surface area contributed by atoms with E-state index in [1.807, 2.05) is 6.92 Å². The molecule has 1 saturated heterocycles. The number of pyridine rings is 1. The average molecular weight is 303 g/mol. The summed E-state index contributed by atoms with van der Waals surface area (Å²) in [5.41, 5.74) is 0. The van der Waals surface area contributed by atoms with Gasteiger partial charge in [-0.2, -0.15) is 13.5 Å². The van der Waals surface area contributed by atoms with Crippen LogP contribution < -0.4 is 0 Å². The summed E-state index contributed by atoms with van der Waals surface area (Å²) in [7, 11) is -3.70. The molecule has 2 heterocycles. The van der Waals surface area contributed by atoms with E-state index in [0.717, 1.165) is 6.42 Å². The van der Waals surface area contributed by atoms with Crippen LogP contribution in [0.5, 0.6) is 0 Å². The second kappa shape index (κ2) is 6.38. The second-order valence-corrected chi connectivity index (χ2v) is 6.40. The predicted octanol–water partition coefficient (Wildman–Crippen LogP) is 1.31. The van der Waals surface area contributed by atoms with Crippen molar-refractivity contribution in [2.24, 2.45) is 5.92 Å². The summed E-state index contributed by atoms with van der Waals surface area (Å²) in [4.78, 5) is 15.5. The van der Waals surface area contributed by atoms with Crippen molar-refractivity contribution in [2.75, 3.05) is 6.61 Å². The Hall–Kier alpha value is -1.08. The van der Waals surface area contributed by atoms with Crippen LogP contribution in [0.3, 0.4) is 0 Å². The van der Waals surface area contributed by atoms with E-state index in [-0.39, 0.29) is 30.9 Å². The summed E-state index contributed by atoms with van der Waals surface area (Å²) in [5.74, 6) is -0.898. The van der Waals surface area contributed by atoms with Gasteiger partial charge in [0.2, 0.25) is 0 Å². The molecular formula is C12H17NO4S2. The number of carbonyl (C=O) groups is 1. The average Bonchev–Trinajstić information content (AvgIpc) is 2.73. The molecule has 1 aromatic rings. The van der Waals surface area contributed by atoms with Gasteiger partial charge in [-0.05, 0) is 18.6 Å². The number of cyclic esters (lactones) is 1. The van der Waals surface area contributed by atoms with Crippen molar-refractivity contribution >= 4 is 29.3 Å². The lowest BCUT2D eigenvalue weighted by atomic mass is 10.0. The molecule has 0 radical (unpaired) electrons. The first kappa shape index (κ1) is 16.0. The Balaban J connectivity index is 0.00000180. The molecule has 0 saturated carbocycles. The van der Waals surface area contributed by atoms with Gasteiger partial charge in [0.15, 0.2) is 15.1 Å². The number of hydrogen-bond acceptors (Lipinski definition) is 5. The number of hydrogen-bond donors (Lipinski definition) is 0. The van der Waals surface area contributed by atoms with Gasteiger partial charge in [-0.1, -0.05) is 13.3 Å². The minimum absolute atomic E-state index is 0. The van der Waals surface area contributed by atoms with Crippen molar-refractivity contribution in [3.63, 3.8) is 0 Å². The maximum Gasteiger partial charge on any atom is 0.325 e. The van der Waals surface area contributed by atoms with Crippen LogP contribution in [0.25, 0.3) is 0 Å². The fourth-order valence-corrected chi connectivity index (χ4v) is 4.01. The van der Waals surface area contributed by atoms with Gasteiger partial charge in [-0.3, -0.25) is 9.78 Å². The first-order valence-electron chi connectivity index (χ1n) is 5.88. The summed E-state index contributed by atoms with van der Waals surface area (Å²) in [6.45, 7) is 2.15. The molecular weight excluding hydrogens is 286 g/mol. The molecule has 1 unspecified atom stereocenters. The van der Waals surface area contributed by atoms with Crippen LogP contribution in [0.4, 0.5) is 0 Å². The molecule has 2 atom stereocenters. The van der Waals surface area contributed by atoms with Gasteiger partial charge < -0.3 is 4.74 Å². The quantitative estimate of drug-likeness (QED) is 0.784. The third-order valence-electron chi connectivity index (χ3n) is 3.06. The van der Waals surface area contributed by atoms with Crippen LogP contribution in [-0.2, 0) is 19.4 Å². The molecule has 0 aliphatic carbocycles. The largest absolute Gasteiger partial charge is 0.464 e. The SMILES string of the molecule is CCC[C@H]1COC(=O)C1S(=O)(=O)c1cccnc1.S. The van der Waals surface area contributed by atoms with E-state index in [0.29, 0.717) is 6.42 Å². The van der Waals surface area contributed by atoms with Crippen molar-refractivity contribution in [1.82, 2.24) is 4.98 Å². The van der Waals surface area contributed by atoms with Crippen molar-refractivity contribution in [3.05, 3.63) is 24.5 Å². The van der Waals surface area contributed by atoms with Crippen LogP contribution in [0, 0.1) is 5.92 Å². The number of nitrogens with zero attached hydrogens (tertiary/aromatic N) is 1. The minimum Gasteiger partial charge on any atom is -0.464 e. The van der Waals surface area contributed by atoms with Crippen LogP contribution in [0.15, 0.2) is 29.4 Å². The van der Waals surface area contributed by atoms with Gasteiger partial charge in [0.1, 0.15) is 0 Å². The van der Waals surface area contributed by atoms with Crippen LogP contribution in [0.2, 0.25) is 0 Å².